The molecule has 0 aliphatic heterocycles. The van der Waals surface area contributed by atoms with Gasteiger partial charge in [0.2, 0.25) is 0 Å². The van der Waals surface area contributed by atoms with Crippen molar-refractivity contribution in [3.63, 3.8) is 0 Å². The Hall–Kier alpha value is -2.22. The van der Waals surface area contributed by atoms with Crippen molar-refractivity contribution in [3.8, 4) is 11.8 Å². The molecular weight excluding hydrogens is 360 g/mol. The second-order valence-corrected chi connectivity index (χ2v) is 8.31. The number of carbonyl (C=O) groups is 1. The number of hydrogen-bond donors (Lipinski definition) is 0. The van der Waals surface area contributed by atoms with E-state index in [0.717, 1.165) is 43.7 Å². The minimum atomic E-state index is -1.02. The average Bonchev–Trinajstić information content (AvgIpc) is 2.68. The maximum atomic E-state index is 13.7. The molecule has 0 aromatic heterocycles. The van der Waals surface area contributed by atoms with Gasteiger partial charge in [0.25, 0.3) is 0 Å². The van der Waals surface area contributed by atoms with Gasteiger partial charge in [0, 0.05) is 12.1 Å². The van der Waals surface area contributed by atoms with Gasteiger partial charge in [0.05, 0.1) is 5.92 Å². The van der Waals surface area contributed by atoms with Crippen LogP contribution >= 0.6 is 0 Å². The summed E-state index contributed by atoms with van der Waals surface area (Å²) in [6, 6.07) is 3.23. The molecule has 3 nitrogen and oxygen atoms in total. The Labute approximate surface area is 165 Å². The molecule has 2 fully saturated rings. The van der Waals surface area contributed by atoms with Gasteiger partial charge in [-0.3, -0.25) is 4.79 Å². The zero-order chi connectivity index (χ0) is 20.1. The summed E-state index contributed by atoms with van der Waals surface area (Å²) in [6.45, 7) is 2.32. The van der Waals surface area contributed by atoms with Crippen molar-refractivity contribution in [2.24, 2.45) is 23.7 Å². The van der Waals surface area contributed by atoms with Crippen molar-refractivity contribution in [3.05, 3.63) is 41.5 Å². The summed E-state index contributed by atoms with van der Waals surface area (Å²) >= 11 is 0. The van der Waals surface area contributed by atoms with E-state index < -0.39 is 23.2 Å². The van der Waals surface area contributed by atoms with Gasteiger partial charge in [-0.05, 0) is 56.3 Å². The zero-order valence-electron chi connectivity index (χ0n) is 16.3. The van der Waals surface area contributed by atoms with Crippen molar-refractivity contribution in [1.29, 1.82) is 5.26 Å². The fourth-order valence-corrected chi connectivity index (χ4v) is 4.26. The van der Waals surface area contributed by atoms with Crippen LogP contribution in [0.25, 0.3) is 0 Å². The van der Waals surface area contributed by atoms with E-state index in [-0.39, 0.29) is 11.7 Å². The number of carbonyl (C=O) groups excluding carboxylic acids is 1. The van der Waals surface area contributed by atoms with Crippen LogP contribution in [0.5, 0.6) is 5.75 Å². The Morgan fingerprint density at radius 2 is 1.50 bits per heavy atom. The molecule has 2 aliphatic carbocycles. The van der Waals surface area contributed by atoms with Crippen molar-refractivity contribution in [2.75, 3.05) is 0 Å². The molecule has 3 rings (SSSR count). The van der Waals surface area contributed by atoms with E-state index in [4.69, 9.17) is 10.00 Å². The number of halogens is 2. The topological polar surface area (TPSA) is 50.1 Å². The second-order valence-electron chi connectivity index (χ2n) is 8.31. The molecule has 0 atom stereocenters. The molecular formula is C23H27F2NO2. The highest BCUT2D eigenvalue weighted by Gasteiger charge is 2.27. The van der Waals surface area contributed by atoms with Gasteiger partial charge in [0.1, 0.15) is 29.0 Å². The summed E-state index contributed by atoms with van der Waals surface area (Å²) in [4.78, 5) is 12.3. The lowest BCUT2D eigenvalue weighted by Crippen LogP contribution is -2.25. The van der Waals surface area contributed by atoms with Gasteiger partial charge in [-0.25, -0.2) is 8.78 Å². The Morgan fingerprint density at radius 1 is 1.00 bits per heavy atom. The van der Waals surface area contributed by atoms with Crippen molar-refractivity contribution < 1.29 is 18.3 Å². The molecule has 2 aliphatic rings. The molecule has 150 valence electrons. The van der Waals surface area contributed by atoms with E-state index in [1.807, 2.05) is 0 Å². The van der Waals surface area contributed by atoms with Crippen LogP contribution in [0.3, 0.4) is 0 Å². The number of rotatable bonds is 4. The third-order valence-electron chi connectivity index (χ3n) is 6.17. The van der Waals surface area contributed by atoms with Crippen LogP contribution in [0.4, 0.5) is 8.78 Å². The molecule has 0 unspecified atom stereocenters. The van der Waals surface area contributed by atoms with Crippen molar-refractivity contribution >= 4 is 5.97 Å². The molecule has 0 heterocycles. The minimum absolute atomic E-state index is 0.187. The Bertz CT molecular complexity index is 744. The van der Waals surface area contributed by atoms with Gasteiger partial charge in [0.15, 0.2) is 0 Å². The minimum Gasteiger partial charge on any atom is -0.426 e. The summed E-state index contributed by atoms with van der Waals surface area (Å²) in [7, 11) is 0. The summed E-state index contributed by atoms with van der Waals surface area (Å²) < 4.78 is 32.5. The van der Waals surface area contributed by atoms with Crippen molar-refractivity contribution in [1.82, 2.24) is 0 Å². The highest BCUT2D eigenvalue weighted by molar-refractivity contribution is 5.75. The summed E-state index contributed by atoms with van der Waals surface area (Å²) in [6.07, 6.45) is 13.2. The van der Waals surface area contributed by atoms with Crippen molar-refractivity contribution in [2.45, 2.75) is 58.3 Å². The number of ether oxygens (including phenoxy) is 1. The molecule has 0 spiro atoms. The first-order valence-electron chi connectivity index (χ1n) is 10.3. The first-order chi connectivity index (χ1) is 13.5. The smallest absolute Gasteiger partial charge is 0.314 e. The number of allylic oxidation sites excluding steroid dienone is 2. The van der Waals surface area contributed by atoms with E-state index in [1.54, 1.807) is 0 Å². The lowest BCUT2D eigenvalue weighted by molar-refractivity contribution is -0.140. The van der Waals surface area contributed by atoms with E-state index in [9.17, 15) is 13.6 Å². The fourth-order valence-electron chi connectivity index (χ4n) is 4.26. The summed E-state index contributed by atoms with van der Waals surface area (Å²) in [5, 5.41) is 8.70. The molecule has 1 aromatic rings. The maximum absolute atomic E-state index is 13.7. The quantitative estimate of drug-likeness (QED) is 0.365. The standard InChI is InChI=1S/C23H27F2NO2/c1-15-2-4-16(5-3-15)6-7-17-8-10-18(11-9-17)23(27)28-19-12-21(24)20(14-26)22(25)13-19/h6-7,12-13,15-18H,2-5,8-11H2,1H3/b7-6+. The van der Waals surface area contributed by atoms with E-state index >= 15 is 0 Å². The van der Waals surface area contributed by atoms with Crippen LogP contribution in [0, 0.1) is 46.6 Å². The molecule has 0 saturated heterocycles. The van der Waals surface area contributed by atoms with E-state index in [0.29, 0.717) is 11.8 Å². The van der Waals surface area contributed by atoms with Gasteiger partial charge in [-0.2, -0.15) is 5.26 Å². The lowest BCUT2D eigenvalue weighted by Gasteiger charge is -2.27. The molecule has 0 N–H and O–H groups in total. The van der Waals surface area contributed by atoms with Gasteiger partial charge >= 0.3 is 5.97 Å². The van der Waals surface area contributed by atoms with Gasteiger partial charge < -0.3 is 4.74 Å². The molecule has 0 bridgehead atoms. The number of nitrogens with zero attached hydrogens (tertiary/aromatic N) is 1. The van der Waals surface area contributed by atoms with Crippen LogP contribution in [0.15, 0.2) is 24.3 Å². The number of nitriles is 1. The van der Waals surface area contributed by atoms with Crippen LogP contribution < -0.4 is 4.74 Å². The molecule has 0 radical (unpaired) electrons. The number of benzene rings is 1. The predicted molar refractivity (Wildman–Crippen MR) is 102 cm³/mol. The highest BCUT2D eigenvalue weighted by Crippen LogP contribution is 2.33. The van der Waals surface area contributed by atoms with Crippen LogP contribution in [0.1, 0.15) is 63.9 Å². The first-order valence-corrected chi connectivity index (χ1v) is 10.3. The fraction of sp³-hybridized carbons (Fsp3) is 0.565. The summed E-state index contributed by atoms with van der Waals surface area (Å²) in [5.74, 6) is -0.883. The van der Waals surface area contributed by atoms with Crippen LogP contribution in [0.2, 0.25) is 0 Å². The van der Waals surface area contributed by atoms with Crippen LogP contribution in [-0.2, 0) is 4.79 Å². The largest absolute Gasteiger partial charge is 0.426 e. The highest BCUT2D eigenvalue weighted by atomic mass is 19.1. The number of esters is 1. The Morgan fingerprint density at radius 3 is 2.00 bits per heavy atom. The molecule has 1 aromatic carbocycles. The molecule has 28 heavy (non-hydrogen) atoms. The van der Waals surface area contributed by atoms with Gasteiger partial charge in [-0.15, -0.1) is 0 Å². The first kappa shape index (κ1) is 20.5. The summed E-state index contributed by atoms with van der Waals surface area (Å²) in [5.41, 5.74) is -0.667. The van der Waals surface area contributed by atoms with E-state index in [1.165, 1.54) is 31.8 Å². The average molecular weight is 387 g/mol. The third-order valence-corrected chi connectivity index (χ3v) is 6.17. The molecule has 2 saturated carbocycles. The second kappa shape index (κ2) is 9.32. The lowest BCUT2D eigenvalue weighted by atomic mass is 9.79. The number of hydrogen-bond acceptors (Lipinski definition) is 3. The van der Waals surface area contributed by atoms with Gasteiger partial charge in [-0.1, -0.05) is 31.9 Å². The molecule has 0 amide bonds. The monoisotopic (exact) mass is 387 g/mol. The maximum Gasteiger partial charge on any atom is 0.314 e. The van der Waals surface area contributed by atoms with E-state index in [2.05, 4.69) is 19.1 Å². The SMILES string of the molecule is CC1CCC(/C=C/C2CCC(C(=O)Oc3cc(F)c(C#N)c(F)c3)CC2)CC1. The third kappa shape index (κ3) is 5.19. The Balaban J connectivity index is 1.48. The Kier molecular flexibility index (Phi) is 6.83. The van der Waals surface area contributed by atoms with Crippen LogP contribution in [-0.4, -0.2) is 5.97 Å². The molecule has 5 heteroatoms. The normalized spacial score (nSPS) is 28.1. The zero-order valence-corrected chi connectivity index (χ0v) is 16.3. The predicted octanol–water partition coefficient (Wildman–Crippen LogP) is 5.93.